The highest BCUT2D eigenvalue weighted by molar-refractivity contribution is 5.11. The van der Waals surface area contributed by atoms with Crippen LogP contribution in [0.3, 0.4) is 0 Å². The predicted molar refractivity (Wildman–Crippen MR) is 41.9 cm³/mol. The molecule has 1 saturated heterocycles. The summed E-state index contributed by atoms with van der Waals surface area (Å²) in [5.41, 5.74) is 1.33. The molecule has 1 fully saturated rings. The molecule has 3 unspecified atom stereocenters. The van der Waals surface area contributed by atoms with Crippen LogP contribution in [0.4, 0.5) is 0 Å². The van der Waals surface area contributed by atoms with Gasteiger partial charge in [-0.3, -0.25) is 0 Å². The van der Waals surface area contributed by atoms with Crippen LogP contribution in [-0.4, -0.2) is 12.2 Å². The van der Waals surface area contributed by atoms with Gasteiger partial charge < -0.3 is 0 Å². The van der Waals surface area contributed by atoms with Crippen molar-refractivity contribution < 1.29 is 9.78 Å². The Morgan fingerprint density at radius 3 is 3.09 bits per heavy atom. The monoisotopic (exact) mass is 154 g/mol. The van der Waals surface area contributed by atoms with Gasteiger partial charge >= 0.3 is 0 Å². The maximum absolute atomic E-state index is 5.20. The zero-order chi connectivity index (χ0) is 7.84. The summed E-state index contributed by atoms with van der Waals surface area (Å²) < 4.78 is 0. The summed E-state index contributed by atoms with van der Waals surface area (Å²) in [5.74, 6) is 0.678. The van der Waals surface area contributed by atoms with E-state index in [-0.39, 0.29) is 12.2 Å². The van der Waals surface area contributed by atoms with Crippen LogP contribution in [0.5, 0.6) is 0 Å². The second-order valence-electron chi connectivity index (χ2n) is 3.57. The Kier molecular flexibility index (Phi) is 1.74. The van der Waals surface area contributed by atoms with E-state index in [1.165, 1.54) is 5.57 Å². The van der Waals surface area contributed by atoms with Gasteiger partial charge in [-0.05, 0) is 38.2 Å². The fourth-order valence-electron chi connectivity index (χ4n) is 1.76. The Balaban J connectivity index is 2.15. The Morgan fingerprint density at radius 2 is 2.27 bits per heavy atom. The van der Waals surface area contributed by atoms with E-state index >= 15 is 0 Å². The first kappa shape index (κ1) is 7.32. The number of hydrogen-bond acceptors (Lipinski definition) is 2. The zero-order valence-electron chi connectivity index (χ0n) is 7.04. The van der Waals surface area contributed by atoms with E-state index in [9.17, 15) is 0 Å². The molecule has 3 atom stereocenters. The third kappa shape index (κ3) is 1.21. The molecule has 0 amide bonds. The first-order valence-electron chi connectivity index (χ1n) is 4.26. The second kappa shape index (κ2) is 2.61. The molecule has 0 aromatic carbocycles. The molecule has 2 nitrogen and oxygen atoms in total. The quantitative estimate of drug-likeness (QED) is 0.393. The Labute approximate surface area is 67.1 Å². The molecule has 0 saturated carbocycles. The SMILES string of the molecule is CC1=CCC2CC1OOC2C. The first-order valence-corrected chi connectivity index (χ1v) is 4.26. The van der Waals surface area contributed by atoms with Gasteiger partial charge in [0.05, 0.1) is 6.10 Å². The molecular formula is C9H14O2. The van der Waals surface area contributed by atoms with Crippen LogP contribution in [0.25, 0.3) is 0 Å². The molecule has 0 radical (unpaired) electrons. The Morgan fingerprint density at radius 1 is 1.45 bits per heavy atom. The summed E-state index contributed by atoms with van der Waals surface area (Å²) in [5, 5.41) is 0. The summed E-state index contributed by atoms with van der Waals surface area (Å²) >= 11 is 0. The molecular weight excluding hydrogens is 140 g/mol. The molecule has 1 aliphatic heterocycles. The van der Waals surface area contributed by atoms with Crippen LogP contribution >= 0.6 is 0 Å². The van der Waals surface area contributed by atoms with E-state index in [0.717, 1.165) is 12.8 Å². The van der Waals surface area contributed by atoms with Crippen molar-refractivity contribution in [3.8, 4) is 0 Å². The van der Waals surface area contributed by atoms with Crippen molar-refractivity contribution in [1.82, 2.24) is 0 Å². The van der Waals surface area contributed by atoms with Crippen LogP contribution in [-0.2, 0) is 9.78 Å². The van der Waals surface area contributed by atoms with E-state index in [1.807, 2.05) is 0 Å². The molecule has 11 heavy (non-hydrogen) atoms. The molecule has 62 valence electrons. The summed E-state index contributed by atoms with van der Waals surface area (Å²) in [6.07, 6.45) is 5.09. The minimum atomic E-state index is 0.241. The molecule has 2 bridgehead atoms. The number of rotatable bonds is 0. The summed E-state index contributed by atoms with van der Waals surface area (Å²) in [4.78, 5) is 10.4. The smallest absolute Gasteiger partial charge is 0.114 e. The van der Waals surface area contributed by atoms with E-state index in [0.29, 0.717) is 5.92 Å². The van der Waals surface area contributed by atoms with Crippen molar-refractivity contribution in [2.45, 2.75) is 38.9 Å². The largest absolute Gasteiger partial charge is 0.233 e. The maximum Gasteiger partial charge on any atom is 0.114 e. The van der Waals surface area contributed by atoms with Crippen molar-refractivity contribution in [1.29, 1.82) is 0 Å². The van der Waals surface area contributed by atoms with Crippen molar-refractivity contribution in [2.24, 2.45) is 5.92 Å². The van der Waals surface area contributed by atoms with Gasteiger partial charge in [-0.15, -0.1) is 0 Å². The third-order valence-corrected chi connectivity index (χ3v) is 2.75. The van der Waals surface area contributed by atoms with Gasteiger partial charge in [0.1, 0.15) is 6.10 Å². The van der Waals surface area contributed by atoms with Crippen molar-refractivity contribution in [2.75, 3.05) is 0 Å². The summed E-state index contributed by atoms with van der Waals surface area (Å²) in [6.45, 7) is 4.19. The lowest BCUT2D eigenvalue weighted by atomic mass is 9.84. The van der Waals surface area contributed by atoms with Crippen molar-refractivity contribution in [3.05, 3.63) is 11.6 Å². The first-order chi connectivity index (χ1) is 5.27. The van der Waals surface area contributed by atoms with Crippen molar-refractivity contribution in [3.63, 3.8) is 0 Å². The molecule has 0 N–H and O–H groups in total. The van der Waals surface area contributed by atoms with Gasteiger partial charge in [0.2, 0.25) is 0 Å². The molecule has 0 aromatic heterocycles. The highest BCUT2D eigenvalue weighted by atomic mass is 17.2. The van der Waals surface area contributed by atoms with Gasteiger partial charge in [0.15, 0.2) is 0 Å². The molecule has 1 aliphatic carbocycles. The molecule has 0 aromatic rings. The lowest BCUT2D eigenvalue weighted by molar-refractivity contribution is -0.376. The van der Waals surface area contributed by atoms with Gasteiger partial charge in [0, 0.05) is 0 Å². The highest BCUT2D eigenvalue weighted by Crippen LogP contribution is 2.33. The number of allylic oxidation sites excluding steroid dienone is 1. The topological polar surface area (TPSA) is 18.5 Å². The maximum atomic E-state index is 5.20. The Bertz CT molecular complexity index is 186. The third-order valence-electron chi connectivity index (χ3n) is 2.75. The van der Waals surface area contributed by atoms with Crippen LogP contribution in [0.2, 0.25) is 0 Å². The van der Waals surface area contributed by atoms with E-state index in [4.69, 9.17) is 9.78 Å². The zero-order valence-corrected chi connectivity index (χ0v) is 7.04. The fraction of sp³-hybridized carbons (Fsp3) is 0.778. The lowest BCUT2D eigenvalue weighted by Crippen LogP contribution is -2.36. The standard InChI is InChI=1S/C9H14O2/c1-6-3-4-8-5-9(6)11-10-7(8)2/h3,7-9H,4-5H2,1-2H3. The summed E-state index contributed by atoms with van der Waals surface area (Å²) in [6, 6.07) is 0. The van der Waals surface area contributed by atoms with Gasteiger partial charge in [-0.2, -0.15) is 0 Å². The van der Waals surface area contributed by atoms with Gasteiger partial charge in [-0.25, -0.2) is 9.78 Å². The van der Waals surface area contributed by atoms with Crippen molar-refractivity contribution >= 4 is 0 Å². The molecule has 2 aliphatic rings. The Hall–Kier alpha value is -0.340. The van der Waals surface area contributed by atoms with Crippen LogP contribution in [0.1, 0.15) is 26.7 Å². The van der Waals surface area contributed by atoms with E-state index in [1.54, 1.807) is 0 Å². The predicted octanol–water partition coefficient (Wildman–Crippen LogP) is 2.06. The second-order valence-corrected chi connectivity index (χ2v) is 3.57. The van der Waals surface area contributed by atoms with Crippen LogP contribution in [0, 0.1) is 5.92 Å². The van der Waals surface area contributed by atoms with Crippen LogP contribution < -0.4 is 0 Å². The van der Waals surface area contributed by atoms with E-state index in [2.05, 4.69) is 19.9 Å². The lowest BCUT2D eigenvalue weighted by Gasteiger charge is -2.36. The molecule has 2 rings (SSSR count). The fourth-order valence-corrected chi connectivity index (χ4v) is 1.76. The number of fused-ring (bicyclic) bond motifs is 2. The highest BCUT2D eigenvalue weighted by Gasteiger charge is 2.33. The minimum absolute atomic E-state index is 0.241. The average Bonchev–Trinajstić information content (AvgIpc) is 2.02. The van der Waals surface area contributed by atoms with E-state index < -0.39 is 0 Å². The molecule has 2 heteroatoms. The van der Waals surface area contributed by atoms with Crippen LogP contribution in [0.15, 0.2) is 11.6 Å². The normalized spacial score (nSPS) is 43.5. The summed E-state index contributed by atoms with van der Waals surface area (Å²) in [7, 11) is 0. The number of hydrogen-bond donors (Lipinski definition) is 0. The molecule has 0 spiro atoms. The average molecular weight is 154 g/mol. The van der Waals surface area contributed by atoms with Gasteiger partial charge in [-0.1, -0.05) is 6.08 Å². The minimum Gasteiger partial charge on any atom is -0.233 e. The molecule has 1 heterocycles. The van der Waals surface area contributed by atoms with Gasteiger partial charge in [0.25, 0.3) is 0 Å².